The Hall–Kier alpha value is -2.73. The van der Waals surface area contributed by atoms with Crippen molar-refractivity contribution >= 4 is 35.8 Å². The Morgan fingerprint density at radius 2 is 1.84 bits per heavy atom. The molecule has 6 nitrogen and oxygen atoms in total. The van der Waals surface area contributed by atoms with Crippen molar-refractivity contribution in [3.8, 4) is 17.1 Å². The topological polar surface area (TPSA) is 95.4 Å². The number of phenolic OH excluding ortho intramolecular Hbond substituents is 1. The van der Waals surface area contributed by atoms with E-state index in [4.69, 9.17) is 0 Å². The summed E-state index contributed by atoms with van der Waals surface area (Å²) in [7, 11) is 0. The van der Waals surface area contributed by atoms with Gasteiger partial charge in [0.1, 0.15) is 22.8 Å². The van der Waals surface area contributed by atoms with Crippen molar-refractivity contribution in [2.75, 3.05) is 0 Å². The number of benzene rings is 1. The largest absolute Gasteiger partial charge is 0.508 e. The molecule has 25 heavy (non-hydrogen) atoms. The third-order valence-electron chi connectivity index (χ3n) is 4.39. The molecule has 128 valence electrons. The number of aliphatic imine (C=N–C) groups is 1. The van der Waals surface area contributed by atoms with Crippen LogP contribution in [0, 0.1) is 0 Å². The Bertz CT molecular complexity index is 952. The molecule has 0 saturated carbocycles. The number of nitrogens with zero attached hydrogens (tertiary/aromatic N) is 2. The average Bonchev–Trinajstić information content (AvgIpc) is 2.98. The van der Waals surface area contributed by atoms with Crippen LogP contribution in [0.2, 0.25) is 0 Å². The van der Waals surface area contributed by atoms with Crippen LogP contribution in [0.25, 0.3) is 17.0 Å². The van der Waals surface area contributed by atoms with E-state index in [2.05, 4.69) is 15.0 Å². The first-order valence-electron chi connectivity index (χ1n) is 7.63. The van der Waals surface area contributed by atoms with Crippen LogP contribution in [-0.4, -0.2) is 38.4 Å². The number of aromatic amines is 1. The maximum Gasteiger partial charge on any atom is 0.187 e. The van der Waals surface area contributed by atoms with Crippen LogP contribution in [0.15, 0.2) is 34.8 Å². The summed E-state index contributed by atoms with van der Waals surface area (Å²) >= 11 is 0. The Balaban J connectivity index is 0.00000182. The Labute approximate surface area is 150 Å². The van der Waals surface area contributed by atoms with E-state index in [9.17, 15) is 14.7 Å². The number of nitrogens with one attached hydrogen (secondary N) is 1. The summed E-state index contributed by atoms with van der Waals surface area (Å²) in [5, 5.41) is 9.39. The van der Waals surface area contributed by atoms with Gasteiger partial charge >= 0.3 is 0 Å². The van der Waals surface area contributed by atoms with Gasteiger partial charge in [-0.25, -0.2) is 4.98 Å². The molecule has 0 atom stereocenters. The number of phenols is 1. The van der Waals surface area contributed by atoms with Gasteiger partial charge in [0.2, 0.25) is 0 Å². The minimum Gasteiger partial charge on any atom is -0.508 e. The highest BCUT2D eigenvalue weighted by molar-refractivity contribution is 6.29. The zero-order valence-electron chi connectivity index (χ0n) is 13.7. The third-order valence-corrected chi connectivity index (χ3v) is 4.39. The summed E-state index contributed by atoms with van der Waals surface area (Å²) in [5.41, 5.74) is 1.92. The van der Waals surface area contributed by atoms with Crippen LogP contribution in [-0.2, 0) is 4.79 Å². The highest BCUT2D eigenvalue weighted by atomic mass is 35.5. The molecule has 0 spiro atoms. The van der Waals surface area contributed by atoms with Gasteiger partial charge in [0.25, 0.3) is 0 Å². The molecule has 0 fully saturated rings. The molecule has 7 heteroatoms. The summed E-state index contributed by atoms with van der Waals surface area (Å²) in [6.07, 6.45) is 1.71. The van der Waals surface area contributed by atoms with Crippen LogP contribution in [0.4, 0.5) is 0 Å². The number of carbonyl (C=O) groups is 2. The second-order valence-corrected chi connectivity index (χ2v) is 6.49. The minimum absolute atomic E-state index is 0. The lowest BCUT2D eigenvalue weighted by Crippen LogP contribution is -2.36. The normalized spacial score (nSPS) is 17.8. The van der Waals surface area contributed by atoms with Crippen LogP contribution < -0.4 is 0 Å². The molecular weight excluding hydrogens is 342 g/mol. The SMILES string of the molecule is CC1(C)N=CC2=C(CC(=O)c3nc(-c4ccc(O)cc4)[nH]c32)C1=O.Cl. The predicted octanol–water partition coefficient (Wildman–Crippen LogP) is 2.98. The Morgan fingerprint density at radius 1 is 1.16 bits per heavy atom. The number of aromatic hydroxyl groups is 1. The van der Waals surface area contributed by atoms with Gasteiger partial charge in [-0.3, -0.25) is 14.6 Å². The van der Waals surface area contributed by atoms with Crippen molar-refractivity contribution in [1.29, 1.82) is 0 Å². The number of hydrogen-bond donors (Lipinski definition) is 2. The maximum atomic E-state index is 12.6. The average molecular weight is 358 g/mol. The monoisotopic (exact) mass is 357 g/mol. The fraction of sp³-hybridized carbons (Fsp3) is 0.222. The number of aromatic nitrogens is 2. The molecular formula is C18H16ClN3O3. The summed E-state index contributed by atoms with van der Waals surface area (Å²) in [6.45, 7) is 3.48. The first kappa shape index (κ1) is 17.1. The zero-order valence-corrected chi connectivity index (χ0v) is 14.5. The number of fused-ring (bicyclic) bond motifs is 2. The van der Waals surface area contributed by atoms with Crippen LogP contribution in [0.5, 0.6) is 5.75 Å². The summed E-state index contributed by atoms with van der Waals surface area (Å²) in [6, 6.07) is 6.53. The van der Waals surface area contributed by atoms with Gasteiger partial charge in [-0.1, -0.05) is 0 Å². The molecule has 0 radical (unpaired) electrons. The maximum absolute atomic E-state index is 12.6. The molecule has 0 unspecified atom stereocenters. The first-order chi connectivity index (χ1) is 11.4. The number of Topliss-reactive ketones (excluding diaryl/α,β-unsaturated/α-hetero) is 2. The lowest BCUT2D eigenvalue weighted by Gasteiger charge is -2.27. The quantitative estimate of drug-likeness (QED) is 0.820. The lowest BCUT2D eigenvalue weighted by atomic mass is 9.81. The van der Waals surface area contributed by atoms with Crippen molar-refractivity contribution in [2.45, 2.75) is 25.8 Å². The highest BCUT2D eigenvalue weighted by Gasteiger charge is 2.39. The molecule has 1 aromatic heterocycles. The Kier molecular flexibility index (Phi) is 3.88. The number of dihydropyridines is 1. The van der Waals surface area contributed by atoms with E-state index in [-0.39, 0.29) is 36.1 Å². The fourth-order valence-electron chi connectivity index (χ4n) is 3.02. The highest BCUT2D eigenvalue weighted by Crippen LogP contribution is 2.36. The first-order valence-corrected chi connectivity index (χ1v) is 7.63. The number of carbonyl (C=O) groups excluding carboxylic acids is 2. The minimum atomic E-state index is -0.837. The van der Waals surface area contributed by atoms with E-state index in [1.807, 2.05) is 0 Å². The van der Waals surface area contributed by atoms with Gasteiger partial charge in [-0.05, 0) is 38.1 Å². The van der Waals surface area contributed by atoms with E-state index in [0.717, 1.165) is 5.56 Å². The van der Waals surface area contributed by atoms with Gasteiger partial charge in [-0.15, -0.1) is 12.4 Å². The number of halogens is 1. The second kappa shape index (κ2) is 5.67. The number of rotatable bonds is 1. The summed E-state index contributed by atoms with van der Waals surface area (Å²) in [5.74, 6) is 0.375. The molecule has 2 aliphatic rings. The van der Waals surface area contributed by atoms with Crippen molar-refractivity contribution in [2.24, 2.45) is 4.99 Å². The van der Waals surface area contributed by atoms with E-state index >= 15 is 0 Å². The van der Waals surface area contributed by atoms with Gasteiger partial charge in [0.15, 0.2) is 11.6 Å². The van der Waals surface area contributed by atoms with Gasteiger partial charge in [-0.2, -0.15) is 0 Å². The van der Waals surface area contributed by atoms with Gasteiger partial charge in [0, 0.05) is 29.3 Å². The fourth-order valence-corrected chi connectivity index (χ4v) is 3.02. The van der Waals surface area contributed by atoms with Crippen molar-refractivity contribution in [3.05, 3.63) is 41.2 Å². The van der Waals surface area contributed by atoms with Gasteiger partial charge < -0.3 is 10.1 Å². The molecule has 1 aliphatic carbocycles. The number of allylic oxidation sites excluding steroid dienone is 1. The lowest BCUT2D eigenvalue weighted by molar-refractivity contribution is -0.119. The number of hydrogen-bond acceptors (Lipinski definition) is 5. The third kappa shape index (κ3) is 2.59. The zero-order chi connectivity index (χ0) is 17.1. The molecule has 0 saturated heterocycles. The molecule has 2 aromatic rings. The standard InChI is InChI=1S/C18H15N3O3.ClH/c1-18(2)16(24)11-7-13(23)15-14(12(11)8-19-18)20-17(21-15)9-3-5-10(22)6-4-9;/h3-6,8,22H,7H2,1-2H3,(H,20,21);1H. The summed E-state index contributed by atoms with van der Waals surface area (Å²) < 4.78 is 0. The molecule has 2 N–H and O–H groups in total. The number of H-pyrrole nitrogens is 1. The molecule has 1 aromatic carbocycles. The van der Waals surface area contributed by atoms with E-state index < -0.39 is 5.54 Å². The molecule has 1 aliphatic heterocycles. The van der Waals surface area contributed by atoms with Crippen molar-refractivity contribution in [3.63, 3.8) is 0 Å². The summed E-state index contributed by atoms with van der Waals surface area (Å²) in [4.78, 5) is 36.8. The molecule has 0 bridgehead atoms. The predicted molar refractivity (Wildman–Crippen MR) is 96.4 cm³/mol. The van der Waals surface area contributed by atoms with Crippen LogP contribution in [0.3, 0.4) is 0 Å². The van der Waals surface area contributed by atoms with Crippen molar-refractivity contribution < 1.29 is 14.7 Å². The van der Waals surface area contributed by atoms with E-state index in [1.54, 1.807) is 44.3 Å². The molecule has 2 heterocycles. The van der Waals surface area contributed by atoms with E-state index in [1.165, 1.54) is 0 Å². The van der Waals surface area contributed by atoms with Gasteiger partial charge in [0.05, 0.1) is 5.69 Å². The number of imidazole rings is 1. The smallest absolute Gasteiger partial charge is 0.187 e. The Morgan fingerprint density at radius 3 is 2.52 bits per heavy atom. The van der Waals surface area contributed by atoms with Crippen molar-refractivity contribution in [1.82, 2.24) is 9.97 Å². The second-order valence-electron chi connectivity index (χ2n) is 6.49. The number of ketones is 2. The van der Waals surface area contributed by atoms with Crippen LogP contribution >= 0.6 is 12.4 Å². The molecule has 4 rings (SSSR count). The van der Waals surface area contributed by atoms with Crippen LogP contribution in [0.1, 0.15) is 36.5 Å². The molecule has 0 amide bonds. The van der Waals surface area contributed by atoms with E-state index in [0.29, 0.717) is 28.4 Å².